The van der Waals surface area contributed by atoms with Gasteiger partial charge in [-0.15, -0.1) is 0 Å². The molecule has 118 valence electrons. The lowest BCUT2D eigenvalue weighted by Gasteiger charge is -2.30. The van der Waals surface area contributed by atoms with Gasteiger partial charge in [-0.3, -0.25) is 0 Å². The fourth-order valence-electron chi connectivity index (χ4n) is 3.48. The Bertz CT molecular complexity index is 554. The van der Waals surface area contributed by atoms with E-state index in [1.807, 2.05) is 0 Å². The van der Waals surface area contributed by atoms with E-state index in [0.717, 1.165) is 6.42 Å². The Kier molecular flexibility index (Phi) is 5.83. The first kappa shape index (κ1) is 16.8. The van der Waals surface area contributed by atoms with Gasteiger partial charge >= 0.3 is 0 Å². The molecule has 0 unspecified atom stereocenters. The SMILES string of the molecule is CCCC(C)(CCC)c1ccc(Cc2ccc(C)cc2)cc1. The summed E-state index contributed by atoms with van der Waals surface area (Å²) in [7, 11) is 0. The first-order valence-electron chi connectivity index (χ1n) is 8.72. The van der Waals surface area contributed by atoms with E-state index < -0.39 is 0 Å². The summed E-state index contributed by atoms with van der Waals surface area (Å²) >= 11 is 0. The van der Waals surface area contributed by atoms with Crippen molar-refractivity contribution >= 4 is 0 Å². The summed E-state index contributed by atoms with van der Waals surface area (Å²) in [5.74, 6) is 0. The van der Waals surface area contributed by atoms with Crippen molar-refractivity contribution in [3.63, 3.8) is 0 Å². The maximum Gasteiger partial charge on any atom is -0.00258 e. The van der Waals surface area contributed by atoms with Gasteiger partial charge in [0.1, 0.15) is 0 Å². The normalized spacial score (nSPS) is 11.6. The van der Waals surface area contributed by atoms with Gasteiger partial charge in [-0.05, 0) is 48.3 Å². The van der Waals surface area contributed by atoms with Crippen molar-refractivity contribution in [2.24, 2.45) is 0 Å². The molecule has 2 rings (SSSR count). The van der Waals surface area contributed by atoms with Gasteiger partial charge in [0.05, 0.1) is 0 Å². The van der Waals surface area contributed by atoms with Crippen molar-refractivity contribution in [3.05, 3.63) is 70.8 Å². The Balaban J connectivity index is 2.13. The molecule has 2 aromatic carbocycles. The molecule has 2 aromatic rings. The molecule has 0 nitrogen and oxygen atoms in total. The van der Waals surface area contributed by atoms with Gasteiger partial charge in [0, 0.05) is 0 Å². The van der Waals surface area contributed by atoms with Crippen LogP contribution in [-0.2, 0) is 11.8 Å². The van der Waals surface area contributed by atoms with Crippen molar-refractivity contribution in [1.29, 1.82) is 0 Å². The second-order valence-corrected chi connectivity index (χ2v) is 6.92. The van der Waals surface area contributed by atoms with Gasteiger partial charge in [-0.2, -0.15) is 0 Å². The number of rotatable bonds is 7. The van der Waals surface area contributed by atoms with Crippen LogP contribution in [0.5, 0.6) is 0 Å². The molecule has 0 aliphatic rings. The van der Waals surface area contributed by atoms with Crippen LogP contribution in [-0.4, -0.2) is 0 Å². The highest BCUT2D eigenvalue weighted by molar-refractivity contribution is 5.33. The van der Waals surface area contributed by atoms with E-state index in [2.05, 4.69) is 76.2 Å². The Morgan fingerprint density at radius 3 is 1.64 bits per heavy atom. The summed E-state index contributed by atoms with van der Waals surface area (Å²) in [6, 6.07) is 18.2. The molecular formula is C22H30. The Hall–Kier alpha value is -1.56. The minimum Gasteiger partial charge on any atom is -0.0654 e. The van der Waals surface area contributed by atoms with Gasteiger partial charge in [0.2, 0.25) is 0 Å². The number of hydrogen-bond acceptors (Lipinski definition) is 0. The highest BCUT2D eigenvalue weighted by atomic mass is 14.3. The molecule has 0 fully saturated rings. The average molecular weight is 294 g/mol. The van der Waals surface area contributed by atoms with Gasteiger partial charge < -0.3 is 0 Å². The maximum absolute atomic E-state index is 2.43. The van der Waals surface area contributed by atoms with E-state index in [1.54, 1.807) is 0 Å². The predicted molar refractivity (Wildman–Crippen MR) is 97.6 cm³/mol. The van der Waals surface area contributed by atoms with Crippen LogP contribution in [0.1, 0.15) is 68.7 Å². The van der Waals surface area contributed by atoms with Crippen molar-refractivity contribution < 1.29 is 0 Å². The smallest absolute Gasteiger partial charge is 0.00258 e. The molecule has 0 heterocycles. The van der Waals surface area contributed by atoms with Gasteiger partial charge in [-0.25, -0.2) is 0 Å². The van der Waals surface area contributed by atoms with Crippen molar-refractivity contribution in [3.8, 4) is 0 Å². The fraction of sp³-hybridized carbons (Fsp3) is 0.455. The summed E-state index contributed by atoms with van der Waals surface area (Å²) in [6.45, 7) is 9.15. The van der Waals surface area contributed by atoms with E-state index in [4.69, 9.17) is 0 Å². The van der Waals surface area contributed by atoms with Crippen LogP contribution >= 0.6 is 0 Å². The molecule has 0 atom stereocenters. The zero-order valence-corrected chi connectivity index (χ0v) is 14.7. The van der Waals surface area contributed by atoms with E-state index in [9.17, 15) is 0 Å². The Morgan fingerprint density at radius 1 is 0.727 bits per heavy atom. The third-order valence-corrected chi connectivity index (χ3v) is 4.78. The summed E-state index contributed by atoms with van der Waals surface area (Å²) in [5.41, 5.74) is 5.97. The van der Waals surface area contributed by atoms with Crippen LogP contribution in [0.4, 0.5) is 0 Å². The minimum absolute atomic E-state index is 0.339. The minimum atomic E-state index is 0.339. The molecule has 0 aliphatic heterocycles. The summed E-state index contributed by atoms with van der Waals surface area (Å²) in [6.07, 6.45) is 6.08. The fourth-order valence-corrected chi connectivity index (χ4v) is 3.48. The molecule has 0 N–H and O–H groups in total. The zero-order valence-electron chi connectivity index (χ0n) is 14.7. The first-order chi connectivity index (χ1) is 10.6. The van der Waals surface area contributed by atoms with Crippen molar-refractivity contribution in [2.45, 2.75) is 65.2 Å². The van der Waals surface area contributed by atoms with E-state index in [0.29, 0.717) is 5.41 Å². The molecule has 0 heteroatoms. The van der Waals surface area contributed by atoms with Crippen LogP contribution in [0.2, 0.25) is 0 Å². The molecule has 0 aliphatic carbocycles. The zero-order chi connectivity index (χ0) is 16.0. The molecule has 0 saturated carbocycles. The summed E-state index contributed by atoms with van der Waals surface area (Å²) in [5, 5.41) is 0. The lowest BCUT2D eigenvalue weighted by Crippen LogP contribution is -2.21. The van der Waals surface area contributed by atoms with Crippen LogP contribution in [0.3, 0.4) is 0 Å². The molecule has 22 heavy (non-hydrogen) atoms. The van der Waals surface area contributed by atoms with Crippen LogP contribution in [0, 0.1) is 6.92 Å². The molecule has 0 spiro atoms. The second kappa shape index (κ2) is 7.63. The predicted octanol–water partition coefficient (Wildman–Crippen LogP) is 6.44. The highest BCUT2D eigenvalue weighted by Gasteiger charge is 2.24. The number of aryl methyl sites for hydroxylation is 1. The van der Waals surface area contributed by atoms with Crippen molar-refractivity contribution in [2.75, 3.05) is 0 Å². The third kappa shape index (κ3) is 4.22. The summed E-state index contributed by atoms with van der Waals surface area (Å²) in [4.78, 5) is 0. The van der Waals surface area contributed by atoms with E-state index in [-0.39, 0.29) is 0 Å². The van der Waals surface area contributed by atoms with E-state index in [1.165, 1.54) is 47.9 Å². The quantitative estimate of drug-likeness (QED) is 0.551. The molecule has 0 saturated heterocycles. The lowest BCUT2D eigenvalue weighted by atomic mass is 9.75. The highest BCUT2D eigenvalue weighted by Crippen LogP contribution is 2.34. The lowest BCUT2D eigenvalue weighted by molar-refractivity contribution is 0.392. The molecule has 0 amide bonds. The average Bonchev–Trinajstić information content (AvgIpc) is 2.51. The number of benzene rings is 2. The first-order valence-corrected chi connectivity index (χ1v) is 8.72. The third-order valence-electron chi connectivity index (χ3n) is 4.78. The van der Waals surface area contributed by atoms with E-state index >= 15 is 0 Å². The van der Waals surface area contributed by atoms with Crippen molar-refractivity contribution in [1.82, 2.24) is 0 Å². The molecule has 0 radical (unpaired) electrons. The Labute approximate surface area is 136 Å². The molecule has 0 aromatic heterocycles. The monoisotopic (exact) mass is 294 g/mol. The second-order valence-electron chi connectivity index (χ2n) is 6.92. The van der Waals surface area contributed by atoms with Gasteiger partial charge in [0.25, 0.3) is 0 Å². The largest absolute Gasteiger partial charge is 0.0654 e. The molecule has 0 bridgehead atoms. The van der Waals surface area contributed by atoms with Crippen LogP contribution in [0.15, 0.2) is 48.5 Å². The topological polar surface area (TPSA) is 0 Å². The van der Waals surface area contributed by atoms with Gasteiger partial charge in [-0.1, -0.05) is 87.7 Å². The van der Waals surface area contributed by atoms with Crippen LogP contribution < -0.4 is 0 Å². The summed E-state index contributed by atoms with van der Waals surface area (Å²) < 4.78 is 0. The Morgan fingerprint density at radius 2 is 1.18 bits per heavy atom. The van der Waals surface area contributed by atoms with Gasteiger partial charge in [0.15, 0.2) is 0 Å². The standard InChI is InChI=1S/C22H30/c1-5-15-22(4,16-6-2)21-13-11-20(12-14-21)17-19-9-7-18(3)8-10-19/h7-14H,5-6,15-17H2,1-4H3. The number of hydrogen-bond donors (Lipinski definition) is 0. The van der Waals surface area contributed by atoms with Crippen LogP contribution in [0.25, 0.3) is 0 Å². The molecular weight excluding hydrogens is 264 g/mol. The maximum atomic E-state index is 2.43.